The maximum absolute atomic E-state index is 12.0. The molecule has 1 N–H and O–H groups in total. The van der Waals surface area contributed by atoms with Crippen molar-refractivity contribution in [3.05, 3.63) is 11.6 Å². The van der Waals surface area contributed by atoms with Gasteiger partial charge in [0.15, 0.2) is 0 Å². The van der Waals surface area contributed by atoms with Crippen molar-refractivity contribution >= 4 is 6.09 Å². The van der Waals surface area contributed by atoms with Crippen LogP contribution in [-0.2, 0) is 4.74 Å². The molecule has 0 unspecified atom stereocenters. The first-order valence-corrected chi connectivity index (χ1v) is 14.3. The Hall–Kier alpha value is -1.43. The normalized spacial score (nSPS) is 39.8. The fourth-order valence-electron chi connectivity index (χ4n) is 9.07. The first-order chi connectivity index (χ1) is 16.2. The summed E-state index contributed by atoms with van der Waals surface area (Å²) >= 11 is 0. The molecule has 0 aromatic rings. The molecular weight excluding hydrogens is 418 g/mol. The summed E-state index contributed by atoms with van der Waals surface area (Å²) in [5.74, 6) is 7.58. The van der Waals surface area contributed by atoms with Crippen LogP contribution in [0.25, 0.3) is 0 Å². The van der Waals surface area contributed by atoms with E-state index in [0.29, 0.717) is 10.8 Å². The van der Waals surface area contributed by atoms with Gasteiger partial charge >= 0.3 is 6.09 Å². The van der Waals surface area contributed by atoms with Gasteiger partial charge in [-0.3, -0.25) is 0 Å². The van der Waals surface area contributed by atoms with Crippen molar-refractivity contribution in [2.75, 3.05) is 6.54 Å². The van der Waals surface area contributed by atoms with E-state index in [0.717, 1.165) is 54.8 Å². The first-order valence-electron chi connectivity index (χ1n) is 14.3. The third kappa shape index (κ3) is 4.81. The van der Waals surface area contributed by atoms with Crippen molar-refractivity contribution in [2.45, 2.75) is 111 Å². The molecule has 0 aliphatic heterocycles. The molecule has 3 fully saturated rings. The van der Waals surface area contributed by atoms with Crippen molar-refractivity contribution in [1.82, 2.24) is 5.32 Å². The smallest absolute Gasteiger partial charge is 0.408 e. The molecule has 0 aromatic carbocycles. The molecule has 3 saturated carbocycles. The summed E-state index contributed by atoms with van der Waals surface area (Å²) in [6.07, 6.45) is 21.6. The van der Waals surface area contributed by atoms with Gasteiger partial charge in [0.25, 0.3) is 0 Å². The van der Waals surface area contributed by atoms with Crippen LogP contribution < -0.4 is 5.32 Å². The summed E-state index contributed by atoms with van der Waals surface area (Å²) in [7, 11) is 0. The predicted molar refractivity (Wildman–Crippen MR) is 140 cm³/mol. The van der Waals surface area contributed by atoms with Crippen molar-refractivity contribution in [3.8, 4) is 12.3 Å². The number of amides is 1. The molecule has 0 bridgehead atoms. The lowest BCUT2D eigenvalue weighted by Gasteiger charge is -2.58. The summed E-state index contributed by atoms with van der Waals surface area (Å²) in [6, 6.07) is 0. The molecule has 190 valence electrons. The largest absolute Gasteiger partial charge is 0.446 e. The first kappa shape index (κ1) is 25.7. The number of alkyl carbamates (subject to hydrolysis) is 1. The Kier molecular flexibility index (Phi) is 7.76. The van der Waals surface area contributed by atoms with Crippen molar-refractivity contribution < 1.29 is 9.53 Å². The molecule has 0 saturated heterocycles. The van der Waals surface area contributed by atoms with Gasteiger partial charge in [0.05, 0.1) is 6.54 Å². The van der Waals surface area contributed by atoms with Gasteiger partial charge in [-0.15, -0.1) is 6.42 Å². The molecule has 34 heavy (non-hydrogen) atoms. The number of nitrogens with one attached hydrogen (secondary N) is 1. The topological polar surface area (TPSA) is 38.3 Å². The quantitative estimate of drug-likeness (QED) is 0.307. The minimum Gasteiger partial charge on any atom is -0.446 e. The molecule has 8 atom stereocenters. The Labute approximate surface area is 209 Å². The molecule has 0 spiro atoms. The number of rotatable bonds is 7. The summed E-state index contributed by atoms with van der Waals surface area (Å²) in [6.45, 7) is 12.7. The van der Waals surface area contributed by atoms with E-state index in [2.05, 4.69) is 51.9 Å². The molecule has 4 rings (SSSR count). The van der Waals surface area contributed by atoms with E-state index >= 15 is 0 Å². The second kappa shape index (κ2) is 10.3. The van der Waals surface area contributed by atoms with Gasteiger partial charge in [-0.25, -0.2) is 4.79 Å². The highest BCUT2D eigenvalue weighted by molar-refractivity contribution is 5.67. The Morgan fingerprint density at radius 3 is 2.68 bits per heavy atom. The lowest BCUT2D eigenvalue weighted by molar-refractivity contribution is -0.0581. The Morgan fingerprint density at radius 1 is 1.15 bits per heavy atom. The van der Waals surface area contributed by atoms with Crippen molar-refractivity contribution in [1.29, 1.82) is 0 Å². The number of allylic oxidation sites excluding steroid dienone is 1. The van der Waals surface area contributed by atoms with Crippen LogP contribution in [0.4, 0.5) is 4.79 Å². The molecular formula is C31H49NO2. The van der Waals surface area contributed by atoms with Gasteiger partial charge < -0.3 is 10.1 Å². The van der Waals surface area contributed by atoms with Crippen LogP contribution in [-0.4, -0.2) is 18.7 Å². The van der Waals surface area contributed by atoms with E-state index in [9.17, 15) is 4.79 Å². The van der Waals surface area contributed by atoms with E-state index in [1.54, 1.807) is 5.57 Å². The molecule has 0 aromatic heterocycles. The number of carbonyl (C=O) groups is 1. The molecule has 4 aliphatic carbocycles. The zero-order chi connectivity index (χ0) is 24.5. The Bertz CT molecular complexity index is 809. The van der Waals surface area contributed by atoms with Crippen LogP contribution in [0, 0.1) is 58.7 Å². The number of hydrogen-bond acceptors (Lipinski definition) is 2. The number of carbonyl (C=O) groups excluding carboxylic acids is 1. The zero-order valence-corrected chi connectivity index (χ0v) is 22.5. The van der Waals surface area contributed by atoms with Crippen LogP contribution in [0.15, 0.2) is 11.6 Å². The molecule has 0 radical (unpaired) electrons. The summed E-state index contributed by atoms with van der Waals surface area (Å²) in [5.41, 5.74) is 2.39. The van der Waals surface area contributed by atoms with Gasteiger partial charge in [-0.05, 0) is 91.3 Å². The van der Waals surface area contributed by atoms with Crippen molar-refractivity contribution in [2.24, 2.45) is 46.3 Å². The van der Waals surface area contributed by atoms with Gasteiger partial charge in [0, 0.05) is 6.42 Å². The zero-order valence-electron chi connectivity index (χ0n) is 22.5. The molecule has 0 heterocycles. The van der Waals surface area contributed by atoms with Crippen LogP contribution in [0.5, 0.6) is 0 Å². The number of hydrogen-bond donors (Lipinski definition) is 1. The maximum Gasteiger partial charge on any atom is 0.408 e. The average molecular weight is 468 g/mol. The highest BCUT2D eigenvalue weighted by Gasteiger charge is 2.59. The molecule has 4 aliphatic rings. The Balaban J connectivity index is 1.42. The highest BCUT2D eigenvalue weighted by atomic mass is 16.6. The van der Waals surface area contributed by atoms with E-state index in [1.807, 2.05) is 0 Å². The third-order valence-corrected chi connectivity index (χ3v) is 10.9. The summed E-state index contributed by atoms with van der Waals surface area (Å²) in [5, 5.41) is 2.65. The lowest BCUT2D eigenvalue weighted by atomic mass is 9.47. The number of terminal acetylenes is 1. The minimum atomic E-state index is -0.367. The van der Waals surface area contributed by atoms with Crippen LogP contribution in [0.3, 0.4) is 0 Å². The molecule has 3 heteroatoms. The average Bonchev–Trinajstić information content (AvgIpc) is 3.15. The van der Waals surface area contributed by atoms with Gasteiger partial charge in [-0.2, -0.15) is 0 Å². The fraction of sp³-hybridized carbons (Fsp3) is 0.839. The van der Waals surface area contributed by atoms with Gasteiger partial charge in [0.2, 0.25) is 0 Å². The van der Waals surface area contributed by atoms with Crippen molar-refractivity contribution in [3.63, 3.8) is 0 Å². The standard InChI is InChI=1S/C31H49NO2/c1-7-19-32-29(33)34-24-15-17-30(5)23(20-24)11-12-25-27-14-13-26(22(4)10-8-9-21(2)3)31(27,6)18-16-28(25)30/h1,11,21-22,24-28H,8-10,12-20H2,2-6H3,(H,32,33)/t22-,24+,25+,26-,27+,28+,30+,31-/m1/s1. The minimum absolute atomic E-state index is 0.00921. The van der Waals surface area contributed by atoms with Gasteiger partial charge in [0.1, 0.15) is 6.10 Å². The number of ether oxygens (including phenoxy) is 1. The molecule has 1 amide bonds. The SMILES string of the molecule is C#CCNC(=O)O[C@H]1CC[C@@]2(C)C(=CC[C@H]3[C@@H]4CC[C@H]([C@H](C)CCCC(C)C)[C@@]4(C)CC[C@@H]32)C1. The molecule has 3 nitrogen and oxygen atoms in total. The third-order valence-electron chi connectivity index (χ3n) is 10.9. The van der Waals surface area contributed by atoms with Gasteiger partial charge in [-0.1, -0.05) is 71.5 Å². The van der Waals surface area contributed by atoms with E-state index in [1.165, 1.54) is 51.4 Å². The van der Waals surface area contributed by atoms with E-state index in [4.69, 9.17) is 11.2 Å². The lowest BCUT2D eigenvalue weighted by Crippen LogP contribution is -2.51. The maximum atomic E-state index is 12.0. The summed E-state index contributed by atoms with van der Waals surface area (Å²) in [4.78, 5) is 12.0. The van der Waals surface area contributed by atoms with Crippen LogP contribution in [0.1, 0.15) is 105 Å². The fourth-order valence-corrected chi connectivity index (χ4v) is 9.07. The highest BCUT2D eigenvalue weighted by Crippen LogP contribution is 2.67. The van der Waals surface area contributed by atoms with E-state index in [-0.39, 0.29) is 18.7 Å². The predicted octanol–water partition coefficient (Wildman–Crippen LogP) is 7.76. The monoisotopic (exact) mass is 467 g/mol. The van der Waals surface area contributed by atoms with Crippen LogP contribution >= 0.6 is 0 Å². The van der Waals surface area contributed by atoms with E-state index < -0.39 is 0 Å². The number of fused-ring (bicyclic) bond motifs is 5. The second-order valence-corrected chi connectivity index (χ2v) is 13.1. The Morgan fingerprint density at radius 2 is 1.94 bits per heavy atom. The second-order valence-electron chi connectivity index (χ2n) is 13.1. The van der Waals surface area contributed by atoms with Crippen LogP contribution in [0.2, 0.25) is 0 Å². The summed E-state index contributed by atoms with van der Waals surface area (Å²) < 4.78 is 5.71.